The number of nitrogens with two attached hydrogens (primary N) is 1. The highest BCUT2D eigenvalue weighted by Gasteiger charge is 2.30. The molecule has 29 heavy (non-hydrogen) atoms. The molecule has 3 rings (SSSR count). The Morgan fingerprint density at radius 3 is 2.72 bits per heavy atom. The third-order valence-corrected chi connectivity index (χ3v) is 6.30. The van der Waals surface area contributed by atoms with Crippen molar-refractivity contribution in [2.24, 2.45) is 5.73 Å². The molecule has 0 saturated carbocycles. The van der Waals surface area contributed by atoms with Gasteiger partial charge in [-0.05, 0) is 43.0 Å². The monoisotopic (exact) mass is 436 g/mol. The minimum Gasteiger partial charge on any atom is -0.760 e. The number of amides is 2. The number of primary amides is 1. The number of aryl methyl sites for hydroxylation is 1. The molecule has 0 aromatic heterocycles. The minimum absolute atomic E-state index is 0.161. The number of carbonyl (C=O) groups excluding carboxylic acids is 1. The summed E-state index contributed by atoms with van der Waals surface area (Å²) in [6.07, 6.45) is 2.00. The molecule has 2 unspecified atom stereocenters. The highest BCUT2D eigenvalue weighted by molar-refractivity contribution is 7.76. The second-order valence-electron chi connectivity index (χ2n) is 6.93. The van der Waals surface area contributed by atoms with Gasteiger partial charge >= 0.3 is 6.03 Å². The lowest BCUT2D eigenvalue weighted by atomic mass is 9.90. The fourth-order valence-corrected chi connectivity index (χ4v) is 4.74. The second-order valence-corrected chi connectivity index (χ2v) is 8.29. The number of urea groups is 1. The van der Waals surface area contributed by atoms with Crippen molar-refractivity contribution in [3.05, 3.63) is 52.5 Å². The number of benzene rings is 2. The summed E-state index contributed by atoms with van der Waals surface area (Å²) in [7, 11) is 0. The summed E-state index contributed by atoms with van der Waals surface area (Å²) in [6, 6.07) is 9.73. The van der Waals surface area contributed by atoms with Crippen LogP contribution in [0.4, 0.5) is 16.2 Å². The molecular weight excluding hydrogens is 414 g/mol. The largest absolute Gasteiger partial charge is 0.760 e. The number of carbonyl (C=O) groups is 1. The van der Waals surface area contributed by atoms with Crippen LogP contribution in [-0.4, -0.2) is 37.3 Å². The summed E-state index contributed by atoms with van der Waals surface area (Å²) in [5, 5.41) is 11.4. The molecule has 0 bridgehead atoms. The van der Waals surface area contributed by atoms with Crippen LogP contribution < -0.4 is 10.6 Å². The molecule has 0 radical (unpaired) electrons. The molecule has 1 aliphatic rings. The molecule has 1 aliphatic heterocycles. The van der Waals surface area contributed by atoms with Crippen LogP contribution in [0, 0.1) is 0 Å². The molecule has 0 aliphatic carbocycles. The molecule has 2 amide bonds. The third kappa shape index (κ3) is 4.40. The normalized spacial score (nSPS) is 18.4. The Labute approximate surface area is 177 Å². The van der Waals surface area contributed by atoms with E-state index in [0.29, 0.717) is 42.1 Å². The molecule has 2 atom stereocenters. The van der Waals surface area contributed by atoms with E-state index >= 15 is 0 Å². The molecule has 2 aromatic rings. The van der Waals surface area contributed by atoms with Gasteiger partial charge in [0.15, 0.2) is 0 Å². The van der Waals surface area contributed by atoms with E-state index < -0.39 is 17.3 Å². The number of rotatable bonds is 5. The van der Waals surface area contributed by atoms with Crippen LogP contribution in [0.5, 0.6) is 5.75 Å². The van der Waals surface area contributed by atoms with E-state index in [9.17, 15) is 18.7 Å². The summed E-state index contributed by atoms with van der Waals surface area (Å²) >= 11 is 4.04. The second kappa shape index (κ2) is 9.13. The van der Waals surface area contributed by atoms with Crippen LogP contribution in [-0.2, 0) is 17.7 Å². The molecular formula is C20H23ClN3O4S-. The first kappa shape index (κ1) is 21.6. The maximum absolute atomic E-state index is 12.3. The van der Waals surface area contributed by atoms with Gasteiger partial charge in [-0.2, -0.15) is 0 Å². The van der Waals surface area contributed by atoms with Crippen LogP contribution in [0.2, 0.25) is 5.02 Å². The first-order chi connectivity index (χ1) is 13.8. The van der Waals surface area contributed by atoms with Gasteiger partial charge in [0.2, 0.25) is 0 Å². The Bertz CT molecular complexity index is 940. The van der Waals surface area contributed by atoms with E-state index in [0.717, 1.165) is 5.56 Å². The summed E-state index contributed by atoms with van der Waals surface area (Å²) in [5.41, 5.74) is 7.80. The standard InChI is InChI=1S/C20H24ClN3O4S/c1-2-13-6-3-4-8-16(13)24(20(22)26)17-10-9-15(21)18(19(17)25)14-7-5-11-23(12-14)29(27)28/h3-4,6,8-10,14,25H,2,5,7,11-12H2,1H3,(H2,22,26)(H,27,28)/p-1. The molecule has 2 aromatic carbocycles. The van der Waals surface area contributed by atoms with E-state index in [2.05, 4.69) is 0 Å². The molecule has 0 spiro atoms. The predicted molar refractivity (Wildman–Crippen MR) is 113 cm³/mol. The summed E-state index contributed by atoms with van der Waals surface area (Å²) in [4.78, 5) is 13.6. The molecule has 1 fully saturated rings. The van der Waals surface area contributed by atoms with Gasteiger partial charge in [-0.3, -0.25) is 9.11 Å². The van der Waals surface area contributed by atoms with Crippen LogP contribution in [0.1, 0.15) is 36.8 Å². The van der Waals surface area contributed by atoms with E-state index in [1.165, 1.54) is 9.21 Å². The molecule has 9 heteroatoms. The lowest BCUT2D eigenvalue weighted by Crippen LogP contribution is -2.36. The van der Waals surface area contributed by atoms with Crippen molar-refractivity contribution < 1.29 is 18.7 Å². The van der Waals surface area contributed by atoms with Gasteiger partial charge in [0.05, 0.1) is 11.4 Å². The zero-order chi connectivity index (χ0) is 21.1. The third-order valence-electron chi connectivity index (χ3n) is 5.22. The maximum Gasteiger partial charge on any atom is 0.324 e. The first-order valence-electron chi connectivity index (χ1n) is 9.38. The van der Waals surface area contributed by atoms with Crippen molar-refractivity contribution >= 4 is 40.3 Å². The topological polar surface area (TPSA) is 110 Å². The fraction of sp³-hybridized carbons (Fsp3) is 0.350. The lowest BCUT2D eigenvalue weighted by molar-refractivity contribution is 0.256. The number of hydrogen-bond donors (Lipinski definition) is 2. The van der Waals surface area contributed by atoms with Gasteiger partial charge in [-0.25, -0.2) is 9.10 Å². The fourth-order valence-electron chi connectivity index (χ4n) is 3.85. The van der Waals surface area contributed by atoms with Gasteiger partial charge in [-0.15, -0.1) is 0 Å². The number of phenols is 1. The predicted octanol–water partition coefficient (Wildman–Crippen LogP) is 3.80. The Kier molecular flexibility index (Phi) is 6.79. The number of piperidine rings is 1. The van der Waals surface area contributed by atoms with Crippen molar-refractivity contribution in [2.75, 3.05) is 18.0 Å². The number of halogens is 1. The first-order valence-corrected chi connectivity index (χ1v) is 10.8. The average molecular weight is 437 g/mol. The Morgan fingerprint density at radius 2 is 2.07 bits per heavy atom. The number of para-hydroxylation sites is 1. The van der Waals surface area contributed by atoms with Crippen molar-refractivity contribution in [2.45, 2.75) is 32.1 Å². The van der Waals surface area contributed by atoms with E-state index in [-0.39, 0.29) is 23.9 Å². The summed E-state index contributed by atoms with van der Waals surface area (Å²) in [6.45, 7) is 2.61. The Hall–Kier alpha value is -2.13. The highest BCUT2D eigenvalue weighted by Crippen LogP contribution is 2.45. The summed E-state index contributed by atoms with van der Waals surface area (Å²) < 4.78 is 24.1. The van der Waals surface area contributed by atoms with Crippen LogP contribution >= 0.6 is 11.6 Å². The van der Waals surface area contributed by atoms with Crippen LogP contribution in [0.3, 0.4) is 0 Å². The average Bonchev–Trinajstić information content (AvgIpc) is 2.70. The number of hydrogen-bond acceptors (Lipinski definition) is 4. The quantitative estimate of drug-likeness (QED) is 0.694. The van der Waals surface area contributed by atoms with E-state index in [1.807, 2.05) is 19.1 Å². The number of nitrogens with zero attached hydrogens (tertiary/aromatic N) is 2. The lowest BCUT2D eigenvalue weighted by Gasteiger charge is -2.35. The molecule has 7 nitrogen and oxygen atoms in total. The minimum atomic E-state index is -2.34. The van der Waals surface area contributed by atoms with Crippen molar-refractivity contribution in [1.29, 1.82) is 0 Å². The number of anilines is 2. The van der Waals surface area contributed by atoms with Gasteiger partial charge in [-0.1, -0.05) is 36.7 Å². The zero-order valence-electron chi connectivity index (χ0n) is 16.0. The van der Waals surface area contributed by atoms with Gasteiger partial charge in [0.25, 0.3) is 0 Å². The highest BCUT2D eigenvalue weighted by atomic mass is 35.5. The van der Waals surface area contributed by atoms with Gasteiger partial charge in [0.1, 0.15) is 5.75 Å². The maximum atomic E-state index is 12.3. The molecule has 3 N–H and O–H groups in total. The zero-order valence-corrected chi connectivity index (χ0v) is 17.6. The molecule has 156 valence electrons. The summed E-state index contributed by atoms with van der Waals surface area (Å²) in [5.74, 6) is -0.448. The van der Waals surface area contributed by atoms with Gasteiger partial charge in [0, 0.05) is 40.9 Å². The van der Waals surface area contributed by atoms with Crippen molar-refractivity contribution in [3.63, 3.8) is 0 Å². The van der Waals surface area contributed by atoms with Crippen molar-refractivity contribution in [1.82, 2.24) is 4.31 Å². The molecule has 1 saturated heterocycles. The number of phenolic OH excluding ortho intramolecular Hbond substituents is 1. The van der Waals surface area contributed by atoms with Crippen LogP contribution in [0.25, 0.3) is 0 Å². The van der Waals surface area contributed by atoms with E-state index in [1.54, 1.807) is 24.3 Å². The van der Waals surface area contributed by atoms with Crippen LogP contribution in [0.15, 0.2) is 36.4 Å². The number of aromatic hydroxyl groups is 1. The molecule has 1 heterocycles. The SMILES string of the molecule is CCc1ccccc1N(C(N)=O)c1ccc(Cl)c(C2CCCN(S(=O)[O-])C2)c1O. The van der Waals surface area contributed by atoms with E-state index in [4.69, 9.17) is 17.3 Å². The Morgan fingerprint density at radius 1 is 1.34 bits per heavy atom. The smallest absolute Gasteiger partial charge is 0.324 e. The van der Waals surface area contributed by atoms with Gasteiger partial charge < -0.3 is 15.4 Å². The van der Waals surface area contributed by atoms with Crippen molar-refractivity contribution in [3.8, 4) is 5.75 Å². The Balaban J connectivity index is 2.09.